The molecule has 0 aliphatic carbocycles. The van der Waals surface area contributed by atoms with E-state index in [9.17, 15) is 5.11 Å². The van der Waals surface area contributed by atoms with Crippen LogP contribution in [0.5, 0.6) is 11.5 Å². The van der Waals surface area contributed by atoms with E-state index in [0.717, 1.165) is 21.5 Å². The van der Waals surface area contributed by atoms with E-state index in [1.165, 1.54) is 23.1 Å². The van der Waals surface area contributed by atoms with Crippen LogP contribution in [-0.2, 0) is 0 Å². The van der Waals surface area contributed by atoms with Crippen LogP contribution < -0.4 is 14.8 Å². The van der Waals surface area contributed by atoms with E-state index < -0.39 is 6.10 Å². The number of para-hydroxylation sites is 3. The highest BCUT2D eigenvalue weighted by molar-refractivity contribution is 8.01. The number of aliphatic hydroxyl groups excluding tert-OH is 1. The SMILES string of the molecule is COc1ccccc1Nc1nnc(SC[C@@H](O)COc2ccccc2)s1. The van der Waals surface area contributed by atoms with E-state index in [0.29, 0.717) is 10.9 Å². The Morgan fingerprint density at radius 3 is 2.69 bits per heavy atom. The van der Waals surface area contributed by atoms with Gasteiger partial charge in [0.1, 0.15) is 18.1 Å². The monoisotopic (exact) mass is 389 g/mol. The molecule has 8 heteroatoms. The third kappa shape index (κ3) is 5.35. The zero-order valence-corrected chi connectivity index (χ0v) is 15.8. The standard InChI is InChI=1S/C18H19N3O3S2/c1-23-16-10-6-5-9-15(16)19-17-20-21-18(26-17)25-12-13(22)11-24-14-7-3-2-4-8-14/h2-10,13,22H,11-12H2,1H3,(H,19,20)/t13-/m0/s1. The molecule has 1 atom stereocenters. The fraction of sp³-hybridized carbons (Fsp3) is 0.222. The fourth-order valence-electron chi connectivity index (χ4n) is 2.11. The van der Waals surface area contributed by atoms with Crippen molar-refractivity contribution in [3.8, 4) is 11.5 Å². The third-order valence-electron chi connectivity index (χ3n) is 3.34. The van der Waals surface area contributed by atoms with Crippen LogP contribution >= 0.6 is 23.1 Å². The van der Waals surface area contributed by atoms with Gasteiger partial charge in [0.2, 0.25) is 5.13 Å². The molecule has 0 unspecified atom stereocenters. The Bertz CT molecular complexity index is 814. The van der Waals surface area contributed by atoms with Crippen LogP contribution in [0.25, 0.3) is 0 Å². The number of nitrogens with zero attached hydrogens (tertiary/aromatic N) is 2. The summed E-state index contributed by atoms with van der Waals surface area (Å²) in [7, 11) is 1.63. The lowest BCUT2D eigenvalue weighted by molar-refractivity contribution is 0.126. The molecule has 0 saturated carbocycles. The van der Waals surface area contributed by atoms with Crippen LogP contribution in [0.3, 0.4) is 0 Å². The van der Waals surface area contributed by atoms with Crippen molar-refractivity contribution in [2.24, 2.45) is 0 Å². The Hall–Kier alpha value is -2.29. The van der Waals surface area contributed by atoms with E-state index in [1.54, 1.807) is 7.11 Å². The molecule has 0 amide bonds. The lowest BCUT2D eigenvalue weighted by Crippen LogP contribution is -2.19. The lowest BCUT2D eigenvalue weighted by atomic mass is 10.3. The highest BCUT2D eigenvalue weighted by atomic mass is 32.2. The number of rotatable bonds is 9. The summed E-state index contributed by atoms with van der Waals surface area (Å²) in [5.74, 6) is 1.97. The first-order valence-corrected chi connectivity index (χ1v) is 9.77. The van der Waals surface area contributed by atoms with Gasteiger partial charge in [-0.1, -0.05) is 53.4 Å². The first-order valence-electron chi connectivity index (χ1n) is 7.97. The molecule has 2 aromatic carbocycles. The Morgan fingerprint density at radius 2 is 1.88 bits per heavy atom. The van der Waals surface area contributed by atoms with Crippen LogP contribution in [0.4, 0.5) is 10.8 Å². The van der Waals surface area contributed by atoms with Crippen LogP contribution in [0.2, 0.25) is 0 Å². The predicted octanol–water partition coefficient (Wildman–Crippen LogP) is 3.82. The molecule has 0 fully saturated rings. The van der Waals surface area contributed by atoms with Crippen molar-refractivity contribution in [3.05, 3.63) is 54.6 Å². The summed E-state index contributed by atoms with van der Waals surface area (Å²) >= 11 is 2.87. The Labute approximate surface area is 160 Å². The van der Waals surface area contributed by atoms with Crippen molar-refractivity contribution >= 4 is 33.9 Å². The molecular weight excluding hydrogens is 370 g/mol. The number of thioether (sulfide) groups is 1. The van der Waals surface area contributed by atoms with Gasteiger partial charge in [-0.05, 0) is 24.3 Å². The van der Waals surface area contributed by atoms with Gasteiger partial charge in [-0.25, -0.2) is 0 Å². The van der Waals surface area contributed by atoms with Crippen LogP contribution in [-0.4, -0.2) is 40.9 Å². The second-order valence-electron chi connectivity index (χ2n) is 5.29. The number of methoxy groups -OCH3 is 1. The topological polar surface area (TPSA) is 76.5 Å². The van der Waals surface area contributed by atoms with Gasteiger partial charge in [0, 0.05) is 5.75 Å². The van der Waals surface area contributed by atoms with E-state index in [1.807, 2.05) is 54.6 Å². The maximum atomic E-state index is 10.1. The summed E-state index contributed by atoms with van der Waals surface area (Å²) in [6.45, 7) is 0.238. The van der Waals surface area contributed by atoms with Gasteiger partial charge < -0.3 is 19.9 Å². The Kier molecular flexibility index (Phi) is 6.70. The molecule has 0 radical (unpaired) electrons. The van der Waals surface area contributed by atoms with Crippen molar-refractivity contribution in [2.75, 3.05) is 24.8 Å². The maximum absolute atomic E-state index is 10.1. The summed E-state index contributed by atoms with van der Waals surface area (Å²) < 4.78 is 11.6. The molecule has 0 aliphatic heterocycles. The summed E-state index contributed by atoms with van der Waals surface area (Å²) in [6, 6.07) is 17.1. The number of aliphatic hydroxyl groups is 1. The normalized spacial score (nSPS) is 11.8. The van der Waals surface area contributed by atoms with E-state index >= 15 is 0 Å². The molecule has 2 N–H and O–H groups in total. The molecule has 0 aliphatic rings. The maximum Gasteiger partial charge on any atom is 0.210 e. The fourth-order valence-corrected chi connectivity index (χ4v) is 3.80. The molecule has 0 bridgehead atoms. The number of hydrogen-bond donors (Lipinski definition) is 2. The zero-order chi connectivity index (χ0) is 18.2. The number of hydrogen-bond acceptors (Lipinski definition) is 8. The van der Waals surface area contributed by atoms with Crippen molar-refractivity contribution in [2.45, 2.75) is 10.4 Å². The minimum Gasteiger partial charge on any atom is -0.495 e. The van der Waals surface area contributed by atoms with Gasteiger partial charge in [0.05, 0.1) is 18.9 Å². The quantitative estimate of drug-likeness (QED) is 0.539. The van der Waals surface area contributed by atoms with E-state index in [4.69, 9.17) is 9.47 Å². The molecule has 1 aromatic heterocycles. The lowest BCUT2D eigenvalue weighted by Gasteiger charge is -2.11. The number of ether oxygens (including phenoxy) is 2. The summed E-state index contributed by atoms with van der Waals surface area (Å²) in [5, 5.41) is 22.2. The van der Waals surface area contributed by atoms with Gasteiger partial charge in [-0.3, -0.25) is 0 Å². The first-order chi connectivity index (χ1) is 12.7. The summed E-state index contributed by atoms with van der Waals surface area (Å²) in [6.07, 6.45) is -0.588. The minimum absolute atomic E-state index is 0.238. The van der Waals surface area contributed by atoms with Crippen molar-refractivity contribution in [1.29, 1.82) is 0 Å². The molecule has 3 rings (SSSR count). The van der Waals surface area contributed by atoms with Crippen LogP contribution in [0.1, 0.15) is 0 Å². The number of benzene rings is 2. The number of aromatic nitrogens is 2. The van der Waals surface area contributed by atoms with Crippen LogP contribution in [0, 0.1) is 0 Å². The van der Waals surface area contributed by atoms with Gasteiger partial charge in [0.15, 0.2) is 4.34 Å². The second kappa shape index (κ2) is 9.42. The Morgan fingerprint density at radius 1 is 1.12 bits per heavy atom. The van der Waals surface area contributed by atoms with Crippen molar-refractivity contribution in [3.63, 3.8) is 0 Å². The third-order valence-corrected chi connectivity index (χ3v) is 5.46. The molecule has 3 aromatic rings. The molecule has 1 heterocycles. The molecule has 6 nitrogen and oxygen atoms in total. The average molecular weight is 390 g/mol. The minimum atomic E-state index is -0.588. The van der Waals surface area contributed by atoms with Gasteiger partial charge >= 0.3 is 0 Å². The van der Waals surface area contributed by atoms with E-state index in [2.05, 4.69) is 15.5 Å². The highest BCUT2D eigenvalue weighted by Gasteiger charge is 2.11. The Balaban J connectivity index is 1.47. The first kappa shape index (κ1) is 18.5. The largest absolute Gasteiger partial charge is 0.495 e. The van der Waals surface area contributed by atoms with E-state index in [-0.39, 0.29) is 6.61 Å². The molecule has 0 saturated heterocycles. The van der Waals surface area contributed by atoms with Gasteiger partial charge in [-0.2, -0.15) is 0 Å². The smallest absolute Gasteiger partial charge is 0.210 e. The zero-order valence-electron chi connectivity index (χ0n) is 14.2. The van der Waals surface area contributed by atoms with Crippen molar-refractivity contribution in [1.82, 2.24) is 10.2 Å². The molecule has 26 heavy (non-hydrogen) atoms. The second-order valence-corrected chi connectivity index (χ2v) is 7.53. The van der Waals surface area contributed by atoms with Crippen molar-refractivity contribution < 1.29 is 14.6 Å². The number of anilines is 2. The van der Waals surface area contributed by atoms with Crippen LogP contribution in [0.15, 0.2) is 58.9 Å². The average Bonchev–Trinajstić information content (AvgIpc) is 3.13. The van der Waals surface area contributed by atoms with Gasteiger partial charge in [0.25, 0.3) is 0 Å². The molecular formula is C18H19N3O3S2. The summed E-state index contributed by atoms with van der Waals surface area (Å²) in [5.41, 5.74) is 0.832. The number of nitrogens with one attached hydrogen (secondary N) is 1. The molecule has 0 spiro atoms. The predicted molar refractivity (Wildman–Crippen MR) is 105 cm³/mol. The highest BCUT2D eigenvalue weighted by Crippen LogP contribution is 2.31. The molecule has 136 valence electrons. The summed E-state index contributed by atoms with van der Waals surface area (Å²) in [4.78, 5) is 0. The van der Waals surface area contributed by atoms with Gasteiger partial charge in [-0.15, -0.1) is 10.2 Å².